The lowest BCUT2D eigenvalue weighted by Gasteiger charge is -2.29. The van der Waals surface area contributed by atoms with Gasteiger partial charge >= 0.3 is 0 Å². The van der Waals surface area contributed by atoms with Gasteiger partial charge in [-0.1, -0.05) is 30.3 Å². The van der Waals surface area contributed by atoms with Gasteiger partial charge in [0.2, 0.25) is 0 Å². The average molecular weight is 384 g/mol. The molecule has 6 heteroatoms. The number of nitrogens with zero attached hydrogens (tertiary/aromatic N) is 3. The lowest BCUT2D eigenvalue weighted by atomic mass is 10.1. The van der Waals surface area contributed by atoms with E-state index in [2.05, 4.69) is 69.9 Å². The normalized spacial score (nSPS) is 17.6. The summed E-state index contributed by atoms with van der Waals surface area (Å²) in [5, 5.41) is 6.99. The molecular formula is C22H33N5O. The predicted octanol–water partition coefficient (Wildman–Crippen LogP) is 2.88. The Morgan fingerprint density at radius 1 is 1.07 bits per heavy atom. The van der Waals surface area contributed by atoms with Crippen LogP contribution in [0.3, 0.4) is 0 Å². The Kier molecular flexibility index (Phi) is 7.51. The SMILES string of the molecule is CN=C(NCC(c1ccco1)N(C)C)NCC(c1ccccc1)N1CCCC1. The van der Waals surface area contributed by atoms with Crippen LogP contribution in [-0.2, 0) is 0 Å². The van der Waals surface area contributed by atoms with E-state index in [0.717, 1.165) is 37.9 Å². The fourth-order valence-corrected chi connectivity index (χ4v) is 3.81. The number of rotatable bonds is 8. The van der Waals surface area contributed by atoms with Crippen molar-refractivity contribution in [2.45, 2.75) is 24.9 Å². The number of aliphatic imine (C=N–C) groups is 1. The highest BCUT2D eigenvalue weighted by Gasteiger charge is 2.24. The predicted molar refractivity (Wildman–Crippen MR) is 114 cm³/mol. The van der Waals surface area contributed by atoms with Crippen LogP contribution in [0.5, 0.6) is 0 Å². The van der Waals surface area contributed by atoms with Crippen molar-refractivity contribution < 1.29 is 4.42 Å². The van der Waals surface area contributed by atoms with Crippen LogP contribution in [0.2, 0.25) is 0 Å². The van der Waals surface area contributed by atoms with Gasteiger partial charge in [-0.05, 0) is 57.7 Å². The molecule has 0 amide bonds. The first-order valence-corrected chi connectivity index (χ1v) is 10.1. The summed E-state index contributed by atoms with van der Waals surface area (Å²) in [4.78, 5) is 9.14. The van der Waals surface area contributed by atoms with Crippen molar-refractivity contribution in [2.24, 2.45) is 4.99 Å². The van der Waals surface area contributed by atoms with E-state index in [1.807, 2.05) is 19.2 Å². The molecule has 0 saturated carbocycles. The number of likely N-dealkylation sites (tertiary alicyclic amines) is 1. The Hall–Kier alpha value is -2.31. The van der Waals surface area contributed by atoms with Crippen LogP contribution >= 0.6 is 0 Å². The van der Waals surface area contributed by atoms with Gasteiger partial charge in [0.25, 0.3) is 0 Å². The minimum absolute atomic E-state index is 0.150. The van der Waals surface area contributed by atoms with Crippen LogP contribution in [0.25, 0.3) is 0 Å². The van der Waals surface area contributed by atoms with Crippen LogP contribution < -0.4 is 10.6 Å². The number of benzene rings is 1. The maximum Gasteiger partial charge on any atom is 0.191 e. The Balaban J connectivity index is 1.60. The summed E-state index contributed by atoms with van der Waals surface area (Å²) < 4.78 is 5.60. The summed E-state index contributed by atoms with van der Waals surface area (Å²) in [5.74, 6) is 1.77. The monoisotopic (exact) mass is 383 g/mol. The molecule has 152 valence electrons. The first-order valence-electron chi connectivity index (χ1n) is 10.1. The van der Waals surface area contributed by atoms with Gasteiger partial charge in [-0.25, -0.2) is 0 Å². The molecule has 1 aromatic heterocycles. The van der Waals surface area contributed by atoms with Crippen molar-refractivity contribution in [2.75, 3.05) is 47.3 Å². The third-order valence-corrected chi connectivity index (χ3v) is 5.41. The van der Waals surface area contributed by atoms with Crippen molar-refractivity contribution in [3.8, 4) is 0 Å². The van der Waals surface area contributed by atoms with Gasteiger partial charge in [-0.2, -0.15) is 0 Å². The maximum absolute atomic E-state index is 5.60. The summed E-state index contributed by atoms with van der Waals surface area (Å²) in [7, 11) is 5.94. The second-order valence-corrected chi connectivity index (χ2v) is 7.50. The number of furan rings is 1. The van der Waals surface area contributed by atoms with E-state index in [1.165, 1.54) is 18.4 Å². The fourth-order valence-electron chi connectivity index (χ4n) is 3.81. The smallest absolute Gasteiger partial charge is 0.191 e. The van der Waals surface area contributed by atoms with E-state index in [-0.39, 0.29) is 6.04 Å². The van der Waals surface area contributed by atoms with Gasteiger partial charge in [-0.15, -0.1) is 0 Å². The summed E-state index contributed by atoms with van der Waals surface area (Å²) in [6.07, 6.45) is 4.29. The second-order valence-electron chi connectivity index (χ2n) is 7.50. The number of nitrogens with one attached hydrogen (secondary N) is 2. The maximum atomic E-state index is 5.60. The molecule has 2 unspecified atom stereocenters. The largest absolute Gasteiger partial charge is 0.468 e. The highest BCUT2D eigenvalue weighted by Crippen LogP contribution is 2.24. The quantitative estimate of drug-likeness (QED) is 0.542. The van der Waals surface area contributed by atoms with Crippen molar-refractivity contribution in [3.05, 3.63) is 60.1 Å². The molecule has 1 aromatic carbocycles. The highest BCUT2D eigenvalue weighted by molar-refractivity contribution is 5.79. The zero-order chi connectivity index (χ0) is 19.8. The zero-order valence-electron chi connectivity index (χ0n) is 17.3. The van der Waals surface area contributed by atoms with Gasteiger partial charge in [0.1, 0.15) is 5.76 Å². The summed E-state index contributed by atoms with van der Waals surface area (Å²) in [5.41, 5.74) is 1.36. The van der Waals surface area contributed by atoms with Crippen LogP contribution in [-0.4, -0.2) is 63.1 Å². The summed E-state index contributed by atoms with van der Waals surface area (Å²) >= 11 is 0. The Morgan fingerprint density at radius 3 is 2.39 bits per heavy atom. The highest BCUT2D eigenvalue weighted by atomic mass is 16.3. The molecule has 1 saturated heterocycles. The molecule has 2 heterocycles. The van der Waals surface area contributed by atoms with Gasteiger partial charge < -0.3 is 15.1 Å². The van der Waals surface area contributed by atoms with Crippen LogP contribution in [0, 0.1) is 0 Å². The lowest BCUT2D eigenvalue weighted by molar-refractivity contribution is 0.244. The van der Waals surface area contributed by atoms with Crippen LogP contribution in [0.15, 0.2) is 58.1 Å². The molecule has 1 aliphatic heterocycles. The van der Waals surface area contributed by atoms with Crippen molar-refractivity contribution in [1.29, 1.82) is 0 Å². The van der Waals surface area contributed by atoms with E-state index >= 15 is 0 Å². The number of guanidine groups is 1. The lowest BCUT2D eigenvalue weighted by Crippen LogP contribution is -2.45. The topological polar surface area (TPSA) is 56.0 Å². The summed E-state index contributed by atoms with van der Waals surface area (Å²) in [6, 6.07) is 15.2. The standard InChI is InChI=1S/C22H33N5O/c1-23-22(25-17-20(26(2)3)21-12-9-15-28-21)24-16-19(27-13-7-8-14-27)18-10-5-4-6-11-18/h4-6,9-12,15,19-20H,7-8,13-14,16-17H2,1-3H3,(H2,23,24,25). The molecule has 28 heavy (non-hydrogen) atoms. The Morgan fingerprint density at radius 2 is 1.79 bits per heavy atom. The molecule has 2 N–H and O–H groups in total. The molecule has 1 fully saturated rings. The van der Waals surface area contributed by atoms with Crippen LogP contribution in [0.1, 0.15) is 36.2 Å². The summed E-state index contributed by atoms with van der Waals surface area (Å²) in [6.45, 7) is 3.87. The molecule has 0 spiro atoms. The van der Waals surface area contributed by atoms with E-state index < -0.39 is 0 Å². The zero-order valence-corrected chi connectivity index (χ0v) is 17.3. The van der Waals surface area contributed by atoms with Gasteiger partial charge in [0.15, 0.2) is 5.96 Å². The van der Waals surface area contributed by atoms with Crippen molar-refractivity contribution in [1.82, 2.24) is 20.4 Å². The molecule has 0 radical (unpaired) electrons. The number of hydrogen-bond acceptors (Lipinski definition) is 4. The second kappa shape index (κ2) is 10.3. The van der Waals surface area contributed by atoms with Gasteiger partial charge in [0, 0.05) is 20.1 Å². The first-order chi connectivity index (χ1) is 13.7. The molecule has 2 atom stereocenters. The third-order valence-electron chi connectivity index (χ3n) is 5.41. The van der Waals surface area contributed by atoms with E-state index in [9.17, 15) is 0 Å². The first kappa shape index (κ1) is 20.4. The van der Waals surface area contributed by atoms with Crippen molar-refractivity contribution >= 4 is 5.96 Å². The average Bonchev–Trinajstić information content (AvgIpc) is 3.42. The van der Waals surface area contributed by atoms with Crippen molar-refractivity contribution in [3.63, 3.8) is 0 Å². The van der Waals surface area contributed by atoms with Gasteiger partial charge in [-0.3, -0.25) is 14.8 Å². The number of likely N-dealkylation sites (N-methyl/N-ethyl adjacent to an activating group) is 1. The Labute approximate surface area is 168 Å². The van der Waals surface area contributed by atoms with Crippen LogP contribution in [0.4, 0.5) is 0 Å². The minimum Gasteiger partial charge on any atom is -0.468 e. The molecule has 6 nitrogen and oxygen atoms in total. The van der Waals surface area contributed by atoms with E-state index in [4.69, 9.17) is 4.42 Å². The molecule has 0 aliphatic carbocycles. The fraction of sp³-hybridized carbons (Fsp3) is 0.500. The van der Waals surface area contributed by atoms with E-state index in [0.29, 0.717) is 6.04 Å². The molecule has 0 bridgehead atoms. The van der Waals surface area contributed by atoms with E-state index in [1.54, 1.807) is 6.26 Å². The molecule has 1 aliphatic rings. The molecule has 2 aromatic rings. The van der Waals surface area contributed by atoms with Gasteiger partial charge in [0.05, 0.1) is 18.3 Å². The molecule has 3 rings (SSSR count). The minimum atomic E-state index is 0.150. The number of hydrogen-bond donors (Lipinski definition) is 2. The third kappa shape index (κ3) is 5.36. The Bertz CT molecular complexity index is 708. The molecular weight excluding hydrogens is 350 g/mol.